The molecule has 0 bridgehead atoms. The van der Waals surface area contributed by atoms with Gasteiger partial charge in [-0.1, -0.05) is 200 Å². The van der Waals surface area contributed by atoms with Crippen LogP contribution < -0.4 is 0 Å². The Kier molecular flexibility index (Phi) is 9.88. The molecule has 20 rings (SSSR count). The van der Waals surface area contributed by atoms with Crippen LogP contribution in [0.2, 0.25) is 0 Å². The van der Waals surface area contributed by atoms with Crippen molar-refractivity contribution in [3.63, 3.8) is 0 Å². The fourth-order valence-electron chi connectivity index (χ4n) is 15.1. The first-order valence-corrected chi connectivity index (χ1v) is 30.9. The minimum atomic E-state index is 0.872. The first-order valence-electron chi connectivity index (χ1n) is 30.1. The van der Waals surface area contributed by atoms with Crippen LogP contribution >= 0.6 is 11.3 Å². The van der Waals surface area contributed by atoms with E-state index < -0.39 is 0 Å². The molecular formula is C84H46O3S. The Morgan fingerprint density at radius 2 is 0.568 bits per heavy atom. The molecule has 3 nitrogen and oxygen atoms in total. The van der Waals surface area contributed by atoms with E-state index in [0.717, 1.165) is 76.8 Å². The van der Waals surface area contributed by atoms with Crippen molar-refractivity contribution in [3.8, 4) is 55.6 Å². The Balaban J connectivity index is 0.702. The molecule has 20 aromatic rings. The predicted molar refractivity (Wildman–Crippen MR) is 373 cm³/mol. The van der Waals surface area contributed by atoms with Crippen molar-refractivity contribution in [1.82, 2.24) is 0 Å². The highest BCUT2D eigenvalue weighted by atomic mass is 32.1. The number of para-hydroxylation sites is 1. The van der Waals surface area contributed by atoms with Crippen molar-refractivity contribution in [2.45, 2.75) is 0 Å². The van der Waals surface area contributed by atoms with Gasteiger partial charge in [-0.3, -0.25) is 0 Å². The standard InChI is InChI=1S/C84H46O3S/c1-2-16-48-45-77-70(39-47(48)15-1)68-43-53(32-36-75(68)86-77)82-60-23-7-9-25-62(60)83(63-26-10-8-24-61(63)82)65-29-14-28-64-72-41-50(34-38-79(72)88-84(64)65)54-27-13-17-49-40-71-69-44-52(33-37-76(69)87-78(71)46-66(49)54)81-58-21-5-3-19-56(58)80(57-20-4-6-22-59(57)81)51-31-35-74-67(42-51)55-18-11-12-30-73(55)85-74/h1-46H. The highest BCUT2D eigenvalue weighted by Gasteiger charge is 2.23. The summed E-state index contributed by atoms with van der Waals surface area (Å²) < 4.78 is 22.2. The van der Waals surface area contributed by atoms with Crippen LogP contribution in [-0.4, -0.2) is 0 Å². The van der Waals surface area contributed by atoms with E-state index in [9.17, 15) is 0 Å². The minimum absolute atomic E-state index is 0.872. The average molecular weight is 1140 g/mol. The largest absolute Gasteiger partial charge is 0.456 e. The van der Waals surface area contributed by atoms with Gasteiger partial charge in [0.15, 0.2) is 0 Å². The van der Waals surface area contributed by atoms with Gasteiger partial charge in [0.05, 0.1) is 0 Å². The third kappa shape index (κ3) is 6.89. The topological polar surface area (TPSA) is 39.4 Å². The van der Waals surface area contributed by atoms with Gasteiger partial charge in [0, 0.05) is 58.1 Å². The molecule has 0 aliphatic heterocycles. The van der Waals surface area contributed by atoms with Gasteiger partial charge in [-0.2, -0.15) is 0 Å². The van der Waals surface area contributed by atoms with Crippen LogP contribution in [0.4, 0.5) is 0 Å². The molecule has 0 fully saturated rings. The van der Waals surface area contributed by atoms with E-state index in [4.69, 9.17) is 13.3 Å². The van der Waals surface area contributed by atoms with Crippen molar-refractivity contribution in [2.24, 2.45) is 0 Å². The molecule has 0 saturated carbocycles. The quantitative estimate of drug-likeness (QED) is 0.161. The third-order valence-electron chi connectivity index (χ3n) is 19.0. The monoisotopic (exact) mass is 1130 g/mol. The molecule has 0 saturated heterocycles. The summed E-state index contributed by atoms with van der Waals surface area (Å²) in [5.74, 6) is 0. The highest BCUT2D eigenvalue weighted by Crippen LogP contribution is 2.51. The van der Waals surface area contributed by atoms with E-state index in [2.05, 4.69) is 267 Å². The Morgan fingerprint density at radius 1 is 0.193 bits per heavy atom. The second kappa shape index (κ2) is 18.1. The molecule has 4 aromatic heterocycles. The molecule has 406 valence electrons. The molecule has 0 radical (unpaired) electrons. The van der Waals surface area contributed by atoms with Gasteiger partial charge < -0.3 is 13.3 Å². The number of thiophene rings is 1. The van der Waals surface area contributed by atoms with Gasteiger partial charge >= 0.3 is 0 Å². The first-order chi connectivity index (χ1) is 43.6. The van der Waals surface area contributed by atoms with Crippen molar-refractivity contribution in [3.05, 3.63) is 279 Å². The van der Waals surface area contributed by atoms with Crippen molar-refractivity contribution in [1.29, 1.82) is 0 Å². The van der Waals surface area contributed by atoms with Gasteiger partial charge in [0.25, 0.3) is 0 Å². The molecule has 0 aliphatic rings. The van der Waals surface area contributed by atoms with E-state index in [1.807, 2.05) is 23.5 Å². The van der Waals surface area contributed by atoms with E-state index >= 15 is 0 Å². The summed E-state index contributed by atoms with van der Waals surface area (Å²) in [4.78, 5) is 0. The Morgan fingerprint density at radius 3 is 1.14 bits per heavy atom. The van der Waals surface area contributed by atoms with E-state index in [1.165, 1.54) is 129 Å². The lowest BCUT2D eigenvalue weighted by atomic mass is 9.85. The van der Waals surface area contributed by atoms with Crippen LogP contribution in [0.5, 0.6) is 0 Å². The molecule has 0 atom stereocenters. The lowest BCUT2D eigenvalue weighted by molar-refractivity contribution is 0.668. The summed E-state index contributed by atoms with van der Waals surface area (Å²) >= 11 is 1.89. The number of hydrogen-bond donors (Lipinski definition) is 0. The number of fused-ring (bicyclic) bond motifs is 18. The highest BCUT2D eigenvalue weighted by molar-refractivity contribution is 7.26. The molecular weight excluding hydrogens is 1090 g/mol. The fraction of sp³-hybridized carbons (Fsp3) is 0. The molecule has 4 heterocycles. The maximum atomic E-state index is 6.85. The molecule has 0 spiro atoms. The van der Waals surface area contributed by atoms with Crippen LogP contribution in [-0.2, 0) is 0 Å². The number of furan rings is 3. The van der Waals surface area contributed by atoms with Crippen LogP contribution in [0.3, 0.4) is 0 Å². The molecule has 0 amide bonds. The van der Waals surface area contributed by atoms with Crippen LogP contribution in [0, 0.1) is 0 Å². The molecule has 0 aliphatic carbocycles. The lowest BCUT2D eigenvalue weighted by Gasteiger charge is -2.18. The van der Waals surface area contributed by atoms with E-state index in [0.29, 0.717) is 0 Å². The zero-order valence-electron chi connectivity index (χ0n) is 47.2. The van der Waals surface area contributed by atoms with E-state index in [1.54, 1.807) is 0 Å². The first kappa shape index (κ1) is 48.0. The number of rotatable bonds is 5. The maximum absolute atomic E-state index is 6.85. The summed E-state index contributed by atoms with van der Waals surface area (Å²) in [6.07, 6.45) is 0. The van der Waals surface area contributed by atoms with Gasteiger partial charge in [0.2, 0.25) is 0 Å². The summed E-state index contributed by atoms with van der Waals surface area (Å²) in [6, 6.07) is 102. The molecule has 88 heavy (non-hydrogen) atoms. The Labute approximate surface area is 506 Å². The third-order valence-corrected chi connectivity index (χ3v) is 20.2. The summed E-state index contributed by atoms with van der Waals surface area (Å²) in [5.41, 5.74) is 17.4. The second-order valence-corrected chi connectivity index (χ2v) is 24.7. The Hall–Kier alpha value is -11.3. The minimum Gasteiger partial charge on any atom is -0.456 e. The normalized spacial score (nSPS) is 12.3. The molecule has 16 aromatic carbocycles. The van der Waals surface area contributed by atoms with Gasteiger partial charge in [-0.15, -0.1) is 11.3 Å². The second-order valence-electron chi connectivity index (χ2n) is 23.7. The molecule has 0 unspecified atom stereocenters. The van der Waals surface area contributed by atoms with Gasteiger partial charge in [0.1, 0.15) is 33.5 Å². The van der Waals surface area contributed by atoms with E-state index in [-0.39, 0.29) is 0 Å². The smallest absolute Gasteiger partial charge is 0.136 e. The predicted octanol–water partition coefficient (Wildman–Crippen LogP) is 25.0. The summed E-state index contributed by atoms with van der Waals surface area (Å²) in [6.45, 7) is 0. The van der Waals surface area contributed by atoms with Crippen molar-refractivity contribution in [2.75, 3.05) is 0 Å². The van der Waals surface area contributed by atoms with Crippen LogP contribution in [0.15, 0.2) is 292 Å². The molecule has 4 heteroatoms. The summed E-state index contributed by atoms with van der Waals surface area (Å²) in [7, 11) is 0. The van der Waals surface area contributed by atoms with Gasteiger partial charge in [-0.25, -0.2) is 0 Å². The maximum Gasteiger partial charge on any atom is 0.136 e. The van der Waals surface area contributed by atoms with Gasteiger partial charge in [-0.05, 0) is 194 Å². The van der Waals surface area contributed by atoms with Crippen LogP contribution in [0.1, 0.15) is 0 Å². The molecule has 0 N–H and O–H groups in total. The Bertz CT molecular complexity index is 6330. The number of hydrogen-bond acceptors (Lipinski definition) is 4. The van der Waals surface area contributed by atoms with Crippen molar-refractivity contribution < 1.29 is 13.3 Å². The fourth-order valence-corrected chi connectivity index (χ4v) is 16.3. The average Bonchev–Trinajstić information content (AvgIpc) is 1.23. The number of benzene rings is 16. The lowest BCUT2D eigenvalue weighted by Crippen LogP contribution is -1.91. The zero-order chi connectivity index (χ0) is 57.3. The summed E-state index contributed by atoms with van der Waals surface area (Å²) in [5, 5.41) is 23.7. The zero-order valence-corrected chi connectivity index (χ0v) is 48.0. The van der Waals surface area contributed by atoms with Crippen molar-refractivity contribution >= 4 is 162 Å². The van der Waals surface area contributed by atoms with Crippen LogP contribution in [0.25, 0.3) is 206 Å². The SMILES string of the molecule is c1ccc2cc3c(cc2c1)oc1ccc(-c2c4ccccc4c(-c4cccc5c4sc4ccc(-c6cccc7cc8c(cc67)oc6ccc(-c7c9ccccc9c(-c9ccc%10oc%11ccccc%11c%10c9)c9ccccc79)cc68)cc45)c4ccccc24)cc13.